The first-order chi connectivity index (χ1) is 12.8. The second-order valence-corrected chi connectivity index (χ2v) is 7.36. The molecule has 0 bridgehead atoms. The molecule has 6 nitrogen and oxygen atoms in total. The minimum Gasteiger partial charge on any atom is -0.454 e. The third kappa shape index (κ3) is 3.11. The Balaban J connectivity index is 2.00. The molecule has 0 radical (unpaired) electrons. The van der Waals surface area contributed by atoms with Crippen LogP contribution in [0.1, 0.15) is 12.1 Å². The molecule has 0 fully saturated rings. The van der Waals surface area contributed by atoms with E-state index in [1.165, 1.54) is 24.3 Å². The Morgan fingerprint density at radius 3 is 2.44 bits per heavy atom. The lowest BCUT2D eigenvalue weighted by atomic mass is 10.2. The minimum atomic E-state index is -4.10. The van der Waals surface area contributed by atoms with Crippen LogP contribution in [0.5, 0.6) is 0 Å². The number of halogens is 2. The maximum Gasteiger partial charge on any atom is 0.282 e. The van der Waals surface area contributed by atoms with Gasteiger partial charge in [-0.15, -0.1) is 0 Å². The second-order valence-electron chi connectivity index (χ2n) is 5.83. The molecule has 0 saturated carbocycles. The lowest BCUT2D eigenvalue weighted by Gasteiger charge is -2.10. The van der Waals surface area contributed by atoms with Crippen molar-refractivity contribution in [2.24, 2.45) is 5.14 Å². The molecule has 0 amide bonds. The lowest BCUT2D eigenvalue weighted by Crippen LogP contribution is -2.16. The van der Waals surface area contributed by atoms with Crippen molar-refractivity contribution in [3.63, 3.8) is 0 Å². The SMILES string of the molecule is NS(=O)(=O)c1ccccc1-n1nc(C(F)F)cc1-c1cc2ccccc2o1. The summed E-state index contributed by atoms with van der Waals surface area (Å²) in [6.45, 7) is 0. The van der Waals surface area contributed by atoms with E-state index in [1.54, 1.807) is 24.3 Å². The number of hydrogen-bond donors (Lipinski definition) is 1. The van der Waals surface area contributed by atoms with Gasteiger partial charge in [-0.1, -0.05) is 30.3 Å². The van der Waals surface area contributed by atoms with Crippen molar-refractivity contribution >= 4 is 21.0 Å². The lowest BCUT2D eigenvalue weighted by molar-refractivity contribution is 0.145. The molecule has 4 rings (SSSR count). The number of benzene rings is 2. The fourth-order valence-electron chi connectivity index (χ4n) is 2.85. The zero-order valence-corrected chi connectivity index (χ0v) is 14.5. The number of furan rings is 1. The maximum atomic E-state index is 13.3. The molecule has 0 aliphatic carbocycles. The third-order valence-corrected chi connectivity index (χ3v) is 4.99. The number of hydrogen-bond acceptors (Lipinski definition) is 4. The zero-order valence-electron chi connectivity index (χ0n) is 13.7. The molecule has 0 aliphatic heterocycles. The monoisotopic (exact) mass is 389 g/mol. The van der Waals surface area contributed by atoms with Crippen LogP contribution in [0.15, 0.2) is 70.0 Å². The zero-order chi connectivity index (χ0) is 19.2. The van der Waals surface area contributed by atoms with E-state index in [4.69, 9.17) is 9.56 Å². The Morgan fingerprint density at radius 1 is 1.04 bits per heavy atom. The van der Waals surface area contributed by atoms with E-state index in [2.05, 4.69) is 5.10 Å². The molecule has 2 heterocycles. The third-order valence-electron chi connectivity index (χ3n) is 4.03. The molecule has 2 N–H and O–H groups in total. The highest BCUT2D eigenvalue weighted by atomic mass is 32.2. The fourth-order valence-corrected chi connectivity index (χ4v) is 3.56. The number of sulfonamides is 1. The number of alkyl halides is 2. The van der Waals surface area contributed by atoms with Crippen LogP contribution in [0.4, 0.5) is 8.78 Å². The van der Waals surface area contributed by atoms with Crippen LogP contribution >= 0.6 is 0 Å². The molecule has 0 spiro atoms. The van der Waals surface area contributed by atoms with E-state index in [1.807, 2.05) is 12.1 Å². The summed E-state index contributed by atoms with van der Waals surface area (Å²) < 4.78 is 57.3. The smallest absolute Gasteiger partial charge is 0.282 e. The quantitative estimate of drug-likeness (QED) is 0.574. The molecule has 138 valence electrons. The Morgan fingerprint density at radius 2 is 1.74 bits per heavy atom. The van der Waals surface area contributed by atoms with Gasteiger partial charge in [-0.05, 0) is 30.3 Å². The van der Waals surface area contributed by atoms with Crippen LogP contribution in [0.2, 0.25) is 0 Å². The van der Waals surface area contributed by atoms with Crippen molar-refractivity contribution in [1.82, 2.24) is 9.78 Å². The normalized spacial score (nSPS) is 12.1. The van der Waals surface area contributed by atoms with Crippen molar-refractivity contribution in [1.29, 1.82) is 0 Å². The van der Waals surface area contributed by atoms with Gasteiger partial charge in [0.15, 0.2) is 5.76 Å². The average molecular weight is 389 g/mol. The first-order valence-corrected chi connectivity index (χ1v) is 9.38. The van der Waals surface area contributed by atoms with E-state index in [0.29, 0.717) is 5.58 Å². The van der Waals surface area contributed by atoms with Gasteiger partial charge in [0.25, 0.3) is 6.43 Å². The first kappa shape index (κ1) is 17.4. The van der Waals surface area contributed by atoms with Crippen molar-refractivity contribution in [3.8, 4) is 17.1 Å². The van der Waals surface area contributed by atoms with Gasteiger partial charge < -0.3 is 4.42 Å². The maximum absolute atomic E-state index is 13.3. The summed E-state index contributed by atoms with van der Waals surface area (Å²) in [5.41, 5.74) is 0.313. The molecule has 0 aliphatic rings. The minimum absolute atomic E-state index is 0.0577. The summed E-state index contributed by atoms with van der Waals surface area (Å²) in [5.74, 6) is 0.278. The summed E-state index contributed by atoms with van der Waals surface area (Å²) in [4.78, 5) is -0.230. The van der Waals surface area contributed by atoms with Gasteiger partial charge >= 0.3 is 0 Å². The number of nitrogens with zero attached hydrogens (tertiary/aromatic N) is 2. The van der Waals surface area contributed by atoms with E-state index in [9.17, 15) is 17.2 Å². The number of aromatic nitrogens is 2. The summed E-state index contributed by atoms with van der Waals surface area (Å²) in [7, 11) is -4.10. The molecule has 2 aromatic heterocycles. The molecule has 0 saturated heterocycles. The van der Waals surface area contributed by atoms with Gasteiger partial charge in [0.05, 0.1) is 5.69 Å². The van der Waals surface area contributed by atoms with Gasteiger partial charge in [-0.2, -0.15) is 5.10 Å². The number of rotatable bonds is 4. The second kappa shape index (κ2) is 6.29. The van der Waals surface area contributed by atoms with Crippen molar-refractivity contribution < 1.29 is 21.6 Å². The van der Waals surface area contributed by atoms with E-state index >= 15 is 0 Å². The summed E-state index contributed by atoms with van der Waals surface area (Å²) in [6.07, 6.45) is -2.84. The molecule has 4 aromatic rings. The van der Waals surface area contributed by atoms with E-state index in [-0.39, 0.29) is 22.0 Å². The van der Waals surface area contributed by atoms with Gasteiger partial charge in [0.2, 0.25) is 10.0 Å². The van der Waals surface area contributed by atoms with E-state index < -0.39 is 22.1 Å². The van der Waals surface area contributed by atoms with Crippen LogP contribution in [-0.4, -0.2) is 18.2 Å². The first-order valence-electron chi connectivity index (χ1n) is 7.84. The predicted molar refractivity (Wildman–Crippen MR) is 95.1 cm³/mol. The van der Waals surface area contributed by atoms with Crippen molar-refractivity contribution in [2.75, 3.05) is 0 Å². The molecule has 0 atom stereocenters. The number of primary sulfonamides is 1. The fraction of sp³-hybridized carbons (Fsp3) is 0.0556. The van der Waals surface area contributed by atoms with Crippen LogP contribution < -0.4 is 5.14 Å². The summed E-state index contributed by atoms with van der Waals surface area (Å²) >= 11 is 0. The van der Waals surface area contributed by atoms with Crippen molar-refractivity contribution in [3.05, 3.63) is 66.4 Å². The van der Waals surface area contributed by atoms with Crippen LogP contribution in [-0.2, 0) is 10.0 Å². The molecule has 2 aromatic carbocycles. The molecular weight excluding hydrogens is 376 g/mol. The van der Waals surface area contributed by atoms with Gasteiger partial charge in [-0.25, -0.2) is 27.0 Å². The van der Waals surface area contributed by atoms with E-state index in [0.717, 1.165) is 10.1 Å². The standard InChI is InChI=1S/C18H13F2N3O3S/c19-18(20)12-10-14(16-9-11-5-1-3-7-15(11)26-16)23(22-12)13-6-2-4-8-17(13)27(21,24)25/h1-10,18H,(H2,21,24,25). The highest BCUT2D eigenvalue weighted by Crippen LogP contribution is 2.33. The average Bonchev–Trinajstić information content (AvgIpc) is 3.25. The molecule has 0 unspecified atom stereocenters. The van der Waals surface area contributed by atoms with Gasteiger partial charge in [0, 0.05) is 5.39 Å². The predicted octanol–water partition coefficient (Wildman–Crippen LogP) is 3.87. The van der Waals surface area contributed by atoms with Gasteiger partial charge in [0.1, 0.15) is 21.9 Å². The Labute approximate surface area is 152 Å². The number of para-hydroxylation sites is 2. The number of nitrogens with two attached hydrogens (primary N) is 1. The highest BCUT2D eigenvalue weighted by Gasteiger charge is 2.23. The Hall–Kier alpha value is -3.04. The summed E-state index contributed by atoms with van der Waals surface area (Å²) in [6, 6.07) is 15.8. The Kier molecular flexibility index (Phi) is 4.05. The van der Waals surface area contributed by atoms with Crippen LogP contribution in [0.25, 0.3) is 28.1 Å². The molecule has 9 heteroatoms. The molecular formula is C18H13F2N3O3S. The van der Waals surface area contributed by atoms with Crippen molar-refractivity contribution in [2.45, 2.75) is 11.3 Å². The highest BCUT2D eigenvalue weighted by molar-refractivity contribution is 7.89. The topological polar surface area (TPSA) is 91.1 Å². The Bertz CT molecular complexity index is 1210. The largest absolute Gasteiger partial charge is 0.454 e. The summed E-state index contributed by atoms with van der Waals surface area (Å²) in [5, 5.41) is 9.93. The van der Waals surface area contributed by atoms with Crippen LogP contribution in [0.3, 0.4) is 0 Å². The molecule has 27 heavy (non-hydrogen) atoms. The van der Waals surface area contributed by atoms with Crippen LogP contribution in [0, 0.1) is 0 Å². The number of fused-ring (bicyclic) bond motifs is 1. The van der Waals surface area contributed by atoms with Gasteiger partial charge in [-0.3, -0.25) is 0 Å².